The number of hydrogen-bond donors (Lipinski definition) is 2. The predicted octanol–water partition coefficient (Wildman–Crippen LogP) is 2.82. The molecule has 24 heavy (non-hydrogen) atoms. The van der Waals surface area contributed by atoms with Gasteiger partial charge in [0, 0.05) is 17.2 Å². The molecular formula is C17H12N4O3. The van der Waals surface area contributed by atoms with Gasteiger partial charge in [0.25, 0.3) is 11.6 Å². The number of para-hydroxylation sites is 1. The van der Waals surface area contributed by atoms with Crippen LogP contribution in [-0.4, -0.2) is 21.0 Å². The van der Waals surface area contributed by atoms with Crippen molar-refractivity contribution in [3.63, 3.8) is 0 Å². The lowest BCUT2D eigenvalue weighted by molar-refractivity contribution is -0.385. The van der Waals surface area contributed by atoms with E-state index in [9.17, 15) is 14.9 Å². The fourth-order valence-corrected chi connectivity index (χ4v) is 3.03. The minimum absolute atomic E-state index is 0.0316. The average Bonchev–Trinajstić information content (AvgIpc) is 3.17. The fraction of sp³-hybridized carbons (Fsp3) is 0.0588. The Morgan fingerprint density at radius 3 is 2.50 bits per heavy atom. The maximum Gasteiger partial charge on any atom is 0.275 e. The standard InChI is InChI=1S/C17H12N4O3/c22-17-16-13(14(19-20-16)10-6-2-1-3-7-10)15(18-17)11-8-4-5-9-12(11)21(23)24/h1-9,15H,(H,18,22)(H,19,20). The molecule has 1 atom stereocenters. The summed E-state index contributed by atoms with van der Waals surface area (Å²) in [4.78, 5) is 23.1. The predicted molar refractivity (Wildman–Crippen MR) is 86.4 cm³/mol. The average molecular weight is 320 g/mol. The van der Waals surface area contributed by atoms with E-state index < -0.39 is 11.0 Å². The molecule has 4 rings (SSSR count). The number of nitro benzene ring substituents is 1. The molecule has 7 nitrogen and oxygen atoms in total. The number of rotatable bonds is 3. The number of nitrogens with zero attached hydrogens (tertiary/aromatic N) is 2. The Labute approximate surface area is 136 Å². The van der Waals surface area contributed by atoms with E-state index in [2.05, 4.69) is 15.5 Å². The van der Waals surface area contributed by atoms with Crippen LogP contribution in [0.4, 0.5) is 5.69 Å². The van der Waals surface area contributed by atoms with Gasteiger partial charge in [0.1, 0.15) is 5.69 Å². The second-order valence-corrected chi connectivity index (χ2v) is 5.45. The van der Waals surface area contributed by atoms with Crippen LogP contribution in [0.15, 0.2) is 54.6 Å². The van der Waals surface area contributed by atoms with Gasteiger partial charge in [-0.15, -0.1) is 0 Å². The number of benzene rings is 2. The second kappa shape index (κ2) is 5.31. The van der Waals surface area contributed by atoms with E-state index in [1.165, 1.54) is 6.07 Å². The number of nitrogens with one attached hydrogen (secondary N) is 2. The van der Waals surface area contributed by atoms with Crippen LogP contribution >= 0.6 is 0 Å². The molecule has 2 N–H and O–H groups in total. The largest absolute Gasteiger partial charge is 0.339 e. The molecular weight excluding hydrogens is 308 g/mol. The van der Waals surface area contributed by atoms with Gasteiger partial charge in [0.05, 0.1) is 22.2 Å². The molecule has 7 heteroatoms. The van der Waals surface area contributed by atoms with Crippen LogP contribution in [0.2, 0.25) is 0 Å². The highest BCUT2D eigenvalue weighted by molar-refractivity contribution is 6.00. The summed E-state index contributed by atoms with van der Waals surface area (Å²) in [5, 5.41) is 21.1. The zero-order valence-electron chi connectivity index (χ0n) is 12.4. The molecule has 0 saturated heterocycles. The topological polar surface area (TPSA) is 101 Å². The minimum Gasteiger partial charge on any atom is -0.339 e. The normalized spacial score (nSPS) is 15.8. The van der Waals surface area contributed by atoms with Crippen molar-refractivity contribution in [3.8, 4) is 11.3 Å². The highest BCUT2D eigenvalue weighted by Crippen LogP contribution is 2.39. The first-order chi connectivity index (χ1) is 11.7. The van der Waals surface area contributed by atoms with Crippen LogP contribution in [-0.2, 0) is 0 Å². The highest BCUT2D eigenvalue weighted by atomic mass is 16.6. The molecule has 1 aliphatic heterocycles. The van der Waals surface area contributed by atoms with Crippen LogP contribution in [0, 0.1) is 10.1 Å². The summed E-state index contributed by atoms with van der Waals surface area (Å²) in [5.41, 5.74) is 2.85. The summed E-state index contributed by atoms with van der Waals surface area (Å²) < 4.78 is 0. The number of fused-ring (bicyclic) bond motifs is 1. The quantitative estimate of drug-likeness (QED) is 0.572. The molecule has 118 valence electrons. The number of nitro groups is 1. The van der Waals surface area contributed by atoms with Crippen LogP contribution < -0.4 is 5.32 Å². The van der Waals surface area contributed by atoms with Crippen LogP contribution in [0.25, 0.3) is 11.3 Å². The highest BCUT2D eigenvalue weighted by Gasteiger charge is 2.38. The van der Waals surface area contributed by atoms with Crippen molar-refractivity contribution >= 4 is 11.6 Å². The van der Waals surface area contributed by atoms with Gasteiger partial charge in [-0.25, -0.2) is 0 Å². The Hall–Kier alpha value is -3.48. The van der Waals surface area contributed by atoms with Gasteiger partial charge in [-0.3, -0.25) is 20.0 Å². The van der Waals surface area contributed by atoms with Gasteiger partial charge in [-0.2, -0.15) is 5.10 Å². The smallest absolute Gasteiger partial charge is 0.275 e. The monoisotopic (exact) mass is 320 g/mol. The molecule has 0 radical (unpaired) electrons. The van der Waals surface area contributed by atoms with Crippen molar-refractivity contribution in [1.29, 1.82) is 0 Å². The Bertz CT molecular complexity index is 949. The summed E-state index contributed by atoms with van der Waals surface area (Å²) in [6.45, 7) is 0. The number of carbonyl (C=O) groups excluding carboxylic acids is 1. The van der Waals surface area contributed by atoms with Crippen LogP contribution in [0.5, 0.6) is 0 Å². The van der Waals surface area contributed by atoms with E-state index in [1.807, 2.05) is 30.3 Å². The molecule has 0 bridgehead atoms. The first kappa shape index (κ1) is 14.1. The van der Waals surface area contributed by atoms with Crippen molar-refractivity contribution in [2.75, 3.05) is 0 Å². The summed E-state index contributed by atoms with van der Waals surface area (Å²) in [5.74, 6) is -0.317. The molecule has 0 saturated carbocycles. The summed E-state index contributed by atoms with van der Waals surface area (Å²) in [6.07, 6.45) is 0. The van der Waals surface area contributed by atoms with Gasteiger partial charge in [-0.1, -0.05) is 42.5 Å². The van der Waals surface area contributed by atoms with E-state index in [4.69, 9.17) is 0 Å². The lowest BCUT2D eigenvalue weighted by Gasteiger charge is -2.13. The van der Waals surface area contributed by atoms with Crippen molar-refractivity contribution in [3.05, 3.63) is 81.5 Å². The van der Waals surface area contributed by atoms with Crippen LogP contribution in [0.3, 0.4) is 0 Å². The minimum atomic E-state index is -0.608. The summed E-state index contributed by atoms with van der Waals surface area (Å²) in [7, 11) is 0. The van der Waals surface area contributed by atoms with Crippen molar-refractivity contribution in [2.24, 2.45) is 0 Å². The Morgan fingerprint density at radius 1 is 1.04 bits per heavy atom. The molecule has 1 aromatic heterocycles. The zero-order valence-corrected chi connectivity index (χ0v) is 12.4. The van der Waals surface area contributed by atoms with E-state index in [-0.39, 0.29) is 11.6 Å². The number of hydrogen-bond acceptors (Lipinski definition) is 4. The van der Waals surface area contributed by atoms with Crippen molar-refractivity contribution in [1.82, 2.24) is 15.5 Å². The van der Waals surface area contributed by atoms with E-state index >= 15 is 0 Å². The second-order valence-electron chi connectivity index (χ2n) is 5.45. The van der Waals surface area contributed by atoms with Crippen molar-refractivity contribution < 1.29 is 9.72 Å². The van der Waals surface area contributed by atoms with Gasteiger partial charge >= 0.3 is 0 Å². The molecule has 3 aromatic rings. The lowest BCUT2D eigenvalue weighted by atomic mass is 9.96. The Morgan fingerprint density at radius 2 is 1.75 bits per heavy atom. The maximum atomic E-state index is 12.2. The number of H-pyrrole nitrogens is 1. The molecule has 1 aliphatic rings. The number of carbonyl (C=O) groups is 1. The third kappa shape index (κ3) is 2.06. The van der Waals surface area contributed by atoms with Gasteiger partial charge in [0.2, 0.25) is 0 Å². The molecule has 0 fully saturated rings. The van der Waals surface area contributed by atoms with Gasteiger partial charge in [-0.05, 0) is 6.07 Å². The number of aromatic amines is 1. The fourth-order valence-electron chi connectivity index (χ4n) is 3.03. The molecule has 1 amide bonds. The number of amides is 1. The van der Waals surface area contributed by atoms with Gasteiger partial charge < -0.3 is 5.32 Å². The lowest BCUT2D eigenvalue weighted by Crippen LogP contribution is -2.21. The van der Waals surface area contributed by atoms with E-state index in [0.717, 1.165) is 5.56 Å². The molecule has 1 unspecified atom stereocenters. The molecule has 2 aromatic carbocycles. The molecule has 0 spiro atoms. The Kier molecular flexibility index (Phi) is 3.13. The third-order valence-electron chi connectivity index (χ3n) is 4.09. The van der Waals surface area contributed by atoms with E-state index in [0.29, 0.717) is 22.5 Å². The first-order valence-corrected chi connectivity index (χ1v) is 7.34. The molecule has 0 aliphatic carbocycles. The maximum absolute atomic E-state index is 12.2. The summed E-state index contributed by atoms with van der Waals surface area (Å²) in [6, 6.07) is 15.2. The van der Waals surface area contributed by atoms with Crippen LogP contribution in [0.1, 0.15) is 27.7 Å². The first-order valence-electron chi connectivity index (χ1n) is 7.34. The van der Waals surface area contributed by atoms with Gasteiger partial charge in [0.15, 0.2) is 0 Å². The molecule has 2 heterocycles. The van der Waals surface area contributed by atoms with Crippen molar-refractivity contribution in [2.45, 2.75) is 6.04 Å². The zero-order chi connectivity index (χ0) is 16.7. The van der Waals surface area contributed by atoms with E-state index in [1.54, 1.807) is 18.2 Å². The Balaban J connectivity index is 1.91. The summed E-state index contributed by atoms with van der Waals surface area (Å²) >= 11 is 0. The number of aromatic nitrogens is 2. The third-order valence-corrected chi connectivity index (χ3v) is 4.09. The SMILES string of the molecule is O=C1NC(c2ccccc2[N+](=O)[O-])c2c(-c3ccccc3)n[nH]c21.